The fourth-order valence-electron chi connectivity index (χ4n) is 6.56. The summed E-state index contributed by atoms with van der Waals surface area (Å²) in [5.41, 5.74) is 2.07. The minimum absolute atomic E-state index is 0.0215. The molecular formula is C38H52ClN3O7S. The summed E-state index contributed by atoms with van der Waals surface area (Å²) in [6.45, 7) is 17.6. The minimum Gasteiger partial charge on any atom is -0.491 e. The van der Waals surface area contributed by atoms with Gasteiger partial charge in [-0.2, -0.15) is 0 Å². The summed E-state index contributed by atoms with van der Waals surface area (Å²) in [5.74, 6) is -0.204. The highest BCUT2D eigenvalue weighted by molar-refractivity contribution is 7.90. The van der Waals surface area contributed by atoms with Gasteiger partial charge in [0.25, 0.3) is 15.9 Å². The van der Waals surface area contributed by atoms with Crippen LogP contribution in [0.5, 0.6) is 5.75 Å². The van der Waals surface area contributed by atoms with Crippen LogP contribution in [0.1, 0.15) is 77.3 Å². The molecule has 0 saturated heterocycles. The first-order valence-electron chi connectivity index (χ1n) is 17.4. The van der Waals surface area contributed by atoms with Crippen molar-refractivity contribution in [1.82, 2.24) is 9.62 Å². The topological polar surface area (TPSA) is 125 Å². The van der Waals surface area contributed by atoms with E-state index in [0.717, 1.165) is 42.6 Å². The number of amides is 2. The number of hydrogen-bond acceptors (Lipinski definition) is 8. The first kappa shape index (κ1) is 39.2. The Morgan fingerprint density at radius 3 is 2.56 bits per heavy atom. The lowest BCUT2D eigenvalue weighted by Crippen LogP contribution is -2.50. The van der Waals surface area contributed by atoms with Crippen molar-refractivity contribution in [3.63, 3.8) is 0 Å². The van der Waals surface area contributed by atoms with Crippen molar-refractivity contribution in [1.29, 1.82) is 0 Å². The number of sulfonamides is 1. The molecule has 0 bridgehead atoms. The number of carbonyl (C=O) groups excluding carboxylic acids is 2. The predicted octanol–water partition coefficient (Wildman–Crippen LogP) is 6.85. The van der Waals surface area contributed by atoms with Gasteiger partial charge in [0.1, 0.15) is 17.4 Å². The Bertz CT molecular complexity index is 1660. The molecule has 0 spiro atoms. The Kier molecular flexibility index (Phi) is 13.1. The average molecular weight is 730 g/mol. The van der Waals surface area contributed by atoms with Crippen LogP contribution in [0.15, 0.2) is 66.6 Å². The molecule has 2 aromatic rings. The standard InChI is InChI=1S/C38H52ClN3O7S/c1-8-11-12-26-20-29(39)14-17-31(26)28-23-41(22-27-13-16-32(27)34(43)10-3)33-21-30(15-18-35(33)48-24-28)50(46,47)40-36(44)25(4)42(19-9-2)37(45)49-38(5,6)7/h9-10,14-15,17-18,20-21,25,27-28,32,34,43H,2-3,8,11-13,16,19,22-24H2,1,4-7H3,(H,40,44)/t25-,27+,28+,32-,34+/m1/s1. The van der Waals surface area contributed by atoms with Crippen molar-refractivity contribution in [3.8, 4) is 5.75 Å². The molecule has 0 aromatic heterocycles. The van der Waals surface area contributed by atoms with Crippen molar-refractivity contribution in [2.45, 2.75) is 95.3 Å². The Morgan fingerprint density at radius 2 is 1.94 bits per heavy atom. The third kappa shape index (κ3) is 9.61. The molecule has 274 valence electrons. The molecule has 1 aliphatic heterocycles. The second-order valence-corrected chi connectivity index (χ2v) is 16.4. The first-order chi connectivity index (χ1) is 23.6. The summed E-state index contributed by atoms with van der Waals surface area (Å²) in [7, 11) is -4.37. The molecule has 2 amide bonds. The van der Waals surface area contributed by atoms with Crippen LogP contribution >= 0.6 is 11.6 Å². The summed E-state index contributed by atoms with van der Waals surface area (Å²) in [6, 6.07) is 9.36. The third-order valence-corrected chi connectivity index (χ3v) is 11.0. The molecule has 4 rings (SSSR count). The SMILES string of the molecule is C=CCN(C(=O)OC(C)(C)C)[C@H](C)C(=O)NS(=O)(=O)c1ccc2c(c1)N(C[C@@H]1CC[C@H]1[C@@H](O)C=C)C[C@H](c1ccc(Cl)cc1CCCC)CO2. The molecule has 1 fully saturated rings. The minimum atomic E-state index is -4.37. The quantitative estimate of drug-likeness (QED) is 0.202. The van der Waals surface area contributed by atoms with Crippen LogP contribution in [0, 0.1) is 11.8 Å². The van der Waals surface area contributed by atoms with E-state index in [4.69, 9.17) is 21.1 Å². The monoisotopic (exact) mass is 729 g/mol. The van der Waals surface area contributed by atoms with Gasteiger partial charge in [-0.05, 0) is 107 Å². The fraction of sp³-hybridized carbons (Fsp3) is 0.526. The predicted molar refractivity (Wildman–Crippen MR) is 197 cm³/mol. The highest BCUT2D eigenvalue weighted by Crippen LogP contribution is 2.42. The van der Waals surface area contributed by atoms with Crippen LogP contribution in [-0.4, -0.2) is 74.4 Å². The molecule has 12 heteroatoms. The summed E-state index contributed by atoms with van der Waals surface area (Å²) >= 11 is 6.42. The van der Waals surface area contributed by atoms with Gasteiger partial charge < -0.3 is 19.5 Å². The van der Waals surface area contributed by atoms with Crippen LogP contribution in [-0.2, 0) is 26.0 Å². The lowest BCUT2D eigenvalue weighted by Gasteiger charge is -2.42. The number of aliphatic hydroxyl groups is 1. The zero-order chi connectivity index (χ0) is 36.8. The molecule has 0 unspecified atom stereocenters. The lowest BCUT2D eigenvalue weighted by molar-refractivity contribution is -0.123. The van der Waals surface area contributed by atoms with Gasteiger partial charge in [-0.15, -0.1) is 13.2 Å². The molecule has 0 radical (unpaired) electrons. The number of hydrogen-bond donors (Lipinski definition) is 2. The van der Waals surface area contributed by atoms with Crippen LogP contribution in [0.2, 0.25) is 5.02 Å². The van der Waals surface area contributed by atoms with Crippen molar-refractivity contribution < 1.29 is 32.6 Å². The van der Waals surface area contributed by atoms with Gasteiger partial charge in [0, 0.05) is 30.6 Å². The van der Waals surface area contributed by atoms with Gasteiger partial charge in [-0.1, -0.05) is 43.2 Å². The van der Waals surface area contributed by atoms with Crippen molar-refractivity contribution in [2.75, 3.05) is 31.1 Å². The van der Waals surface area contributed by atoms with Crippen molar-refractivity contribution in [2.24, 2.45) is 11.8 Å². The Hall–Kier alpha value is -3.54. The summed E-state index contributed by atoms with van der Waals surface area (Å²) < 4.78 is 41.4. The third-order valence-electron chi connectivity index (χ3n) is 9.45. The average Bonchev–Trinajstić information content (AvgIpc) is 3.22. The number of nitrogens with one attached hydrogen (secondary N) is 1. The number of benzene rings is 2. The number of halogens is 1. The molecule has 1 aliphatic carbocycles. The largest absolute Gasteiger partial charge is 0.491 e. The van der Waals surface area contributed by atoms with E-state index < -0.39 is 39.8 Å². The summed E-state index contributed by atoms with van der Waals surface area (Å²) in [5, 5.41) is 11.3. The van der Waals surface area contributed by atoms with E-state index in [1.54, 1.807) is 32.9 Å². The maximum Gasteiger partial charge on any atom is 0.411 e. The smallest absolute Gasteiger partial charge is 0.411 e. The Balaban J connectivity index is 1.66. The lowest BCUT2D eigenvalue weighted by atomic mass is 9.70. The van der Waals surface area contributed by atoms with Crippen LogP contribution in [0.3, 0.4) is 0 Å². The number of fused-ring (bicyclic) bond motifs is 1. The highest BCUT2D eigenvalue weighted by atomic mass is 35.5. The normalized spacial score (nSPS) is 20.2. The number of ether oxygens (including phenoxy) is 2. The summed E-state index contributed by atoms with van der Waals surface area (Å²) in [4.78, 5) is 29.3. The van der Waals surface area contributed by atoms with Crippen LogP contribution in [0.25, 0.3) is 0 Å². The molecule has 2 N–H and O–H groups in total. The maximum absolute atomic E-state index is 13.7. The second kappa shape index (κ2) is 16.7. The Morgan fingerprint density at radius 1 is 1.20 bits per heavy atom. The molecule has 50 heavy (non-hydrogen) atoms. The van der Waals surface area contributed by atoms with Gasteiger partial charge in [-0.3, -0.25) is 9.69 Å². The van der Waals surface area contributed by atoms with E-state index in [2.05, 4.69) is 35.8 Å². The van der Waals surface area contributed by atoms with E-state index in [0.29, 0.717) is 36.2 Å². The van der Waals surface area contributed by atoms with Gasteiger partial charge in [-0.25, -0.2) is 17.9 Å². The van der Waals surface area contributed by atoms with Gasteiger partial charge >= 0.3 is 6.09 Å². The fourth-order valence-corrected chi connectivity index (χ4v) is 7.82. The van der Waals surface area contributed by atoms with Gasteiger partial charge in [0.05, 0.1) is 23.3 Å². The molecule has 5 atom stereocenters. The van der Waals surface area contributed by atoms with Gasteiger partial charge in [0.15, 0.2) is 0 Å². The maximum atomic E-state index is 13.7. The van der Waals surface area contributed by atoms with Crippen LogP contribution < -0.4 is 14.4 Å². The van der Waals surface area contributed by atoms with E-state index >= 15 is 0 Å². The van der Waals surface area contributed by atoms with Gasteiger partial charge in [0.2, 0.25) is 0 Å². The zero-order valence-electron chi connectivity index (χ0n) is 29.9. The number of anilines is 1. The van der Waals surface area contributed by atoms with E-state index in [1.807, 2.05) is 12.1 Å². The zero-order valence-corrected chi connectivity index (χ0v) is 31.4. The Labute approximate surface area is 302 Å². The molecular weight excluding hydrogens is 678 g/mol. The van der Waals surface area contributed by atoms with Crippen LogP contribution in [0.4, 0.5) is 10.5 Å². The second-order valence-electron chi connectivity index (χ2n) is 14.3. The number of rotatable bonds is 14. The van der Waals surface area contributed by atoms with E-state index in [9.17, 15) is 23.1 Å². The highest BCUT2D eigenvalue weighted by Gasteiger charge is 2.38. The number of unbranched alkanes of at least 4 members (excludes halogenated alkanes) is 1. The molecule has 10 nitrogen and oxygen atoms in total. The number of carbonyl (C=O) groups is 2. The summed E-state index contributed by atoms with van der Waals surface area (Å²) in [6.07, 6.45) is 6.34. The number of aryl methyl sites for hydroxylation is 1. The van der Waals surface area contributed by atoms with Crippen molar-refractivity contribution in [3.05, 3.63) is 77.9 Å². The molecule has 2 aromatic carbocycles. The molecule has 1 heterocycles. The number of nitrogens with zero attached hydrogens (tertiary/aromatic N) is 2. The first-order valence-corrected chi connectivity index (χ1v) is 19.2. The van der Waals surface area contributed by atoms with E-state index in [1.165, 1.54) is 30.7 Å². The molecule has 2 aliphatic rings. The number of aliphatic hydroxyl groups excluding tert-OH is 1. The van der Waals surface area contributed by atoms with Crippen molar-refractivity contribution >= 4 is 39.3 Å². The molecule has 1 saturated carbocycles. The van der Waals surface area contributed by atoms with E-state index in [-0.39, 0.29) is 29.2 Å².